The summed E-state index contributed by atoms with van der Waals surface area (Å²) >= 11 is 4.61. The molecule has 5 rings (SSSR count). The molecule has 0 aliphatic carbocycles. The summed E-state index contributed by atoms with van der Waals surface area (Å²) in [6.07, 6.45) is 0. The van der Waals surface area contributed by atoms with E-state index >= 15 is 0 Å². The van der Waals surface area contributed by atoms with Gasteiger partial charge in [-0.1, -0.05) is 27.3 Å². The second-order valence-corrected chi connectivity index (χ2v) is 11.1. The SMILES string of the molecule is CCOC(=O)C1=C(C)N=c2s/c(=C3/C(=O)N(CC)c4ccc(Br)cc43)c(=O)n2[C@@H]1c1cc(OC)c(OC)c(OC)c1. The molecule has 1 aromatic heterocycles. The minimum Gasteiger partial charge on any atom is -0.493 e. The highest BCUT2D eigenvalue weighted by molar-refractivity contribution is 9.10. The number of esters is 1. The van der Waals surface area contributed by atoms with E-state index in [1.165, 1.54) is 25.9 Å². The van der Waals surface area contributed by atoms with E-state index in [2.05, 4.69) is 20.9 Å². The standard InChI is InChI=1S/C29H28BrN3O7S/c1-7-32-18-10-9-16(30)13-17(18)22(26(32)34)25-27(35)33-23(15-11-19(37-4)24(39-6)20(12-15)38-5)21(28(36)40-8-2)14(3)31-29(33)41-25/h9-13,23H,7-8H2,1-6H3/b25-22+/t23-/m1/s1. The van der Waals surface area contributed by atoms with Crippen LogP contribution in [0.4, 0.5) is 5.69 Å². The highest BCUT2D eigenvalue weighted by Crippen LogP contribution is 2.43. The van der Waals surface area contributed by atoms with Crippen LogP contribution in [-0.2, 0) is 14.3 Å². The lowest BCUT2D eigenvalue weighted by Gasteiger charge is -2.26. The monoisotopic (exact) mass is 641 g/mol. The molecule has 41 heavy (non-hydrogen) atoms. The number of hydrogen-bond acceptors (Lipinski definition) is 9. The highest BCUT2D eigenvalue weighted by atomic mass is 79.9. The number of likely N-dealkylation sites (N-methyl/N-ethyl adjacent to an activating group) is 1. The molecule has 10 nitrogen and oxygen atoms in total. The molecule has 214 valence electrons. The summed E-state index contributed by atoms with van der Waals surface area (Å²) in [5, 5.41) is 0. The lowest BCUT2D eigenvalue weighted by atomic mass is 9.95. The zero-order valence-electron chi connectivity index (χ0n) is 23.4. The van der Waals surface area contributed by atoms with E-state index in [-0.39, 0.29) is 22.6 Å². The number of hydrogen-bond donors (Lipinski definition) is 0. The molecule has 0 radical (unpaired) electrons. The Morgan fingerprint density at radius 1 is 1.05 bits per heavy atom. The average Bonchev–Trinajstić information content (AvgIpc) is 3.42. The number of carbonyl (C=O) groups is 2. The fraction of sp³-hybridized carbons (Fsp3) is 0.310. The molecule has 0 spiro atoms. The number of rotatable bonds is 7. The predicted octanol–water partition coefficient (Wildman–Crippen LogP) is 3.32. The smallest absolute Gasteiger partial charge is 0.338 e. The Balaban J connectivity index is 1.86. The second-order valence-electron chi connectivity index (χ2n) is 9.17. The first-order valence-corrected chi connectivity index (χ1v) is 14.4. The average molecular weight is 643 g/mol. The summed E-state index contributed by atoms with van der Waals surface area (Å²) in [5.74, 6) is 0.205. The number of halogens is 1. The third-order valence-electron chi connectivity index (χ3n) is 7.02. The number of ether oxygens (including phenoxy) is 4. The van der Waals surface area contributed by atoms with Crippen LogP contribution >= 0.6 is 27.3 Å². The predicted molar refractivity (Wildman–Crippen MR) is 158 cm³/mol. The molecule has 3 aromatic rings. The molecule has 0 N–H and O–H groups in total. The van der Waals surface area contributed by atoms with Gasteiger partial charge < -0.3 is 23.8 Å². The molecular formula is C29H28BrN3O7S. The number of nitrogens with zero attached hydrogens (tertiary/aromatic N) is 3. The molecule has 2 aliphatic rings. The summed E-state index contributed by atoms with van der Waals surface area (Å²) in [4.78, 5) is 47.9. The molecule has 0 bridgehead atoms. The van der Waals surface area contributed by atoms with Gasteiger partial charge >= 0.3 is 5.97 Å². The first kappa shape index (κ1) is 28.6. The molecule has 12 heteroatoms. The molecule has 2 aromatic carbocycles. The Bertz CT molecular complexity index is 1780. The van der Waals surface area contributed by atoms with Crippen molar-refractivity contribution in [1.82, 2.24) is 4.57 Å². The molecule has 2 aliphatic heterocycles. The van der Waals surface area contributed by atoms with Gasteiger partial charge in [0.05, 0.1) is 56.5 Å². The fourth-order valence-corrected chi connectivity index (χ4v) is 6.75. The maximum atomic E-state index is 14.3. The molecule has 0 saturated heterocycles. The number of thiazole rings is 1. The molecule has 1 atom stereocenters. The Morgan fingerprint density at radius 3 is 2.32 bits per heavy atom. The van der Waals surface area contributed by atoms with Crippen LogP contribution in [0.5, 0.6) is 17.2 Å². The number of carbonyl (C=O) groups excluding carboxylic acids is 2. The summed E-state index contributed by atoms with van der Waals surface area (Å²) < 4.78 is 24.5. The Kier molecular flexibility index (Phi) is 7.80. The van der Waals surface area contributed by atoms with Crippen molar-refractivity contribution in [3.05, 3.63) is 76.9 Å². The van der Waals surface area contributed by atoms with Gasteiger partial charge in [0.25, 0.3) is 11.5 Å². The topological polar surface area (TPSA) is 109 Å². The van der Waals surface area contributed by atoms with Crippen molar-refractivity contribution < 1.29 is 28.5 Å². The third kappa shape index (κ3) is 4.55. The third-order valence-corrected chi connectivity index (χ3v) is 8.56. The van der Waals surface area contributed by atoms with Gasteiger partial charge in [0.2, 0.25) is 5.75 Å². The first-order valence-electron chi connectivity index (χ1n) is 12.8. The number of methoxy groups -OCH3 is 3. The van der Waals surface area contributed by atoms with Crippen molar-refractivity contribution in [3.63, 3.8) is 0 Å². The van der Waals surface area contributed by atoms with Crippen LogP contribution in [-0.4, -0.2) is 50.9 Å². The molecular weight excluding hydrogens is 614 g/mol. The van der Waals surface area contributed by atoms with Gasteiger partial charge in [0.1, 0.15) is 4.53 Å². The number of amides is 1. The second kappa shape index (κ2) is 11.2. The van der Waals surface area contributed by atoms with Crippen LogP contribution < -0.4 is 34.0 Å². The molecule has 0 fully saturated rings. The van der Waals surface area contributed by atoms with Crippen LogP contribution in [0.15, 0.2) is 55.9 Å². The van der Waals surface area contributed by atoms with Crippen LogP contribution in [0, 0.1) is 0 Å². The summed E-state index contributed by atoms with van der Waals surface area (Å²) in [6, 6.07) is 8.00. The molecule has 0 saturated carbocycles. The van der Waals surface area contributed by atoms with Crippen molar-refractivity contribution in [2.24, 2.45) is 4.99 Å². The van der Waals surface area contributed by atoms with Crippen molar-refractivity contribution in [1.29, 1.82) is 0 Å². The Hall–Kier alpha value is -3.90. The number of anilines is 1. The first-order chi connectivity index (χ1) is 19.7. The van der Waals surface area contributed by atoms with Crippen molar-refractivity contribution >= 4 is 50.4 Å². The summed E-state index contributed by atoms with van der Waals surface area (Å²) in [5.41, 5.74) is 2.35. The van der Waals surface area contributed by atoms with Gasteiger partial charge in [-0.05, 0) is 56.7 Å². The van der Waals surface area contributed by atoms with Crippen LogP contribution in [0.2, 0.25) is 0 Å². The van der Waals surface area contributed by atoms with E-state index in [0.717, 1.165) is 21.5 Å². The zero-order valence-corrected chi connectivity index (χ0v) is 25.8. The van der Waals surface area contributed by atoms with E-state index in [4.69, 9.17) is 18.9 Å². The number of allylic oxidation sites excluding steroid dienone is 1. The van der Waals surface area contributed by atoms with Gasteiger partial charge in [-0.2, -0.15) is 0 Å². The summed E-state index contributed by atoms with van der Waals surface area (Å²) in [6.45, 7) is 5.87. The van der Waals surface area contributed by atoms with E-state index in [9.17, 15) is 14.4 Å². The number of benzene rings is 2. The fourth-order valence-electron chi connectivity index (χ4n) is 5.25. The van der Waals surface area contributed by atoms with Crippen molar-refractivity contribution in [2.45, 2.75) is 26.8 Å². The van der Waals surface area contributed by atoms with Crippen LogP contribution in [0.25, 0.3) is 5.57 Å². The van der Waals surface area contributed by atoms with Gasteiger partial charge in [-0.15, -0.1) is 0 Å². The minimum atomic E-state index is -0.936. The lowest BCUT2D eigenvalue weighted by Crippen LogP contribution is -2.41. The minimum absolute atomic E-state index is 0.138. The van der Waals surface area contributed by atoms with Crippen molar-refractivity contribution in [3.8, 4) is 17.2 Å². The highest BCUT2D eigenvalue weighted by Gasteiger charge is 2.37. The quantitative estimate of drug-likeness (QED) is 0.364. The number of fused-ring (bicyclic) bond motifs is 2. The van der Waals surface area contributed by atoms with E-state index < -0.39 is 17.6 Å². The van der Waals surface area contributed by atoms with E-state index in [1.807, 2.05) is 25.1 Å². The van der Waals surface area contributed by atoms with Gasteiger partial charge in [0.15, 0.2) is 16.3 Å². The van der Waals surface area contributed by atoms with Gasteiger partial charge in [-0.3, -0.25) is 14.2 Å². The maximum Gasteiger partial charge on any atom is 0.338 e. The van der Waals surface area contributed by atoms with Gasteiger partial charge in [-0.25, -0.2) is 9.79 Å². The normalized spacial score (nSPS) is 17.2. The molecule has 1 amide bonds. The summed E-state index contributed by atoms with van der Waals surface area (Å²) in [7, 11) is 4.47. The number of aromatic nitrogens is 1. The molecule has 0 unspecified atom stereocenters. The Morgan fingerprint density at radius 2 is 1.73 bits per heavy atom. The van der Waals surface area contributed by atoms with Crippen molar-refractivity contribution in [2.75, 3.05) is 39.4 Å². The lowest BCUT2D eigenvalue weighted by molar-refractivity contribution is -0.139. The largest absolute Gasteiger partial charge is 0.493 e. The van der Waals surface area contributed by atoms with E-state index in [1.54, 1.807) is 30.9 Å². The Labute approximate surface area is 248 Å². The zero-order chi connectivity index (χ0) is 29.6. The molecule has 3 heterocycles. The van der Waals surface area contributed by atoms with Crippen LogP contribution in [0.1, 0.15) is 37.9 Å². The van der Waals surface area contributed by atoms with E-state index in [0.29, 0.717) is 51.0 Å². The van der Waals surface area contributed by atoms with Crippen LogP contribution in [0.3, 0.4) is 0 Å². The van der Waals surface area contributed by atoms with Gasteiger partial charge in [0, 0.05) is 16.6 Å². The maximum absolute atomic E-state index is 14.3.